The smallest absolute Gasteiger partial charge is 0.245 e. The van der Waals surface area contributed by atoms with Crippen molar-refractivity contribution in [3.63, 3.8) is 0 Å². The van der Waals surface area contributed by atoms with Crippen LogP contribution in [-0.2, 0) is 20.7 Å². The number of aliphatic hydroxyl groups excluding tert-OH is 1. The predicted molar refractivity (Wildman–Crippen MR) is 95.6 cm³/mol. The molecule has 1 aromatic carbocycles. The summed E-state index contributed by atoms with van der Waals surface area (Å²) in [6.07, 6.45) is 0.0776. The first-order valence-electron chi connectivity index (χ1n) is 9.02. The molecule has 0 radical (unpaired) electrons. The van der Waals surface area contributed by atoms with E-state index in [0.29, 0.717) is 37.8 Å². The Labute approximate surface area is 157 Å². The van der Waals surface area contributed by atoms with E-state index in [9.17, 15) is 14.7 Å². The minimum absolute atomic E-state index is 0.0776. The molecule has 1 atom stereocenters. The summed E-state index contributed by atoms with van der Waals surface area (Å²) >= 11 is 0. The summed E-state index contributed by atoms with van der Waals surface area (Å²) in [5, 5.41) is 14.8. The molecule has 27 heavy (non-hydrogen) atoms. The normalized spacial score (nSPS) is 17.4. The molecular formula is C18H25N3O6. The molecule has 2 aliphatic rings. The van der Waals surface area contributed by atoms with E-state index in [0.717, 1.165) is 18.7 Å². The lowest BCUT2D eigenvalue weighted by atomic mass is 10.1. The van der Waals surface area contributed by atoms with E-state index in [1.54, 1.807) is 18.2 Å². The SMILES string of the molecule is O=C(Cc1ccc2c(c1)OCO2)NC(CO)C(=O)NCCN1CCOCC1. The Bertz CT molecular complexity index is 662. The van der Waals surface area contributed by atoms with Crippen molar-refractivity contribution < 1.29 is 28.9 Å². The number of benzene rings is 1. The zero-order chi connectivity index (χ0) is 19.1. The topological polar surface area (TPSA) is 109 Å². The van der Waals surface area contributed by atoms with Gasteiger partial charge in [-0.25, -0.2) is 0 Å². The number of carbonyl (C=O) groups is 2. The highest BCUT2D eigenvalue weighted by Crippen LogP contribution is 2.32. The van der Waals surface area contributed by atoms with Gasteiger partial charge in [0.15, 0.2) is 11.5 Å². The number of aliphatic hydroxyl groups is 1. The van der Waals surface area contributed by atoms with Gasteiger partial charge < -0.3 is 30.0 Å². The fraction of sp³-hybridized carbons (Fsp3) is 0.556. The van der Waals surface area contributed by atoms with Crippen LogP contribution in [0.3, 0.4) is 0 Å². The van der Waals surface area contributed by atoms with Crippen molar-refractivity contribution in [2.75, 3.05) is 52.8 Å². The Morgan fingerprint density at radius 3 is 2.74 bits per heavy atom. The number of morpholine rings is 1. The van der Waals surface area contributed by atoms with Gasteiger partial charge in [-0.1, -0.05) is 6.07 Å². The monoisotopic (exact) mass is 379 g/mol. The quantitative estimate of drug-likeness (QED) is 0.525. The fourth-order valence-corrected chi connectivity index (χ4v) is 2.96. The molecule has 1 fully saturated rings. The highest BCUT2D eigenvalue weighted by Gasteiger charge is 2.21. The lowest BCUT2D eigenvalue weighted by molar-refractivity contribution is -0.129. The van der Waals surface area contributed by atoms with Gasteiger partial charge >= 0.3 is 0 Å². The number of nitrogens with zero attached hydrogens (tertiary/aromatic N) is 1. The molecule has 148 valence electrons. The number of amides is 2. The number of rotatable bonds is 8. The number of carbonyl (C=O) groups excluding carboxylic acids is 2. The van der Waals surface area contributed by atoms with E-state index in [1.165, 1.54) is 0 Å². The molecule has 0 aromatic heterocycles. The van der Waals surface area contributed by atoms with Gasteiger partial charge in [-0.05, 0) is 17.7 Å². The van der Waals surface area contributed by atoms with Crippen molar-refractivity contribution in [3.8, 4) is 11.5 Å². The van der Waals surface area contributed by atoms with Crippen LogP contribution in [0.15, 0.2) is 18.2 Å². The molecule has 1 unspecified atom stereocenters. The lowest BCUT2D eigenvalue weighted by Gasteiger charge is -2.26. The van der Waals surface area contributed by atoms with E-state index in [2.05, 4.69) is 15.5 Å². The van der Waals surface area contributed by atoms with Crippen molar-refractivity contribution in [1.82, 2.24) is 15.5 Å². The van der Waals surface area contributed by atoms with Gasteiger partial charge in [-0.3, -0.25) is 14.5 Å². The van der Waals surface area contributed by atoms with Crippen molar-refractivity contribution >= 4 is 11.8 Å². The first-order valence-corrected chi connectivity index (χ1v) is 9.02. The minimum Gasteiger partial charge on any atom is -0.454 e. The van der Waals surface area contributed by atoms with E-state index in [4.69, 9.17) is 14.2 Å². The highest BCUT2D eigenvalue weighted by atomic mass is 16.7. The summed E-state index contributed by atoms with van der Waals surface area (Å²) in [5.41, 5.74) is 0.737. The van der Waals surface area contributed by atoms with Crippen molar-refractivity contribution in [2.45, 2.75) is 12.5 Å². The third-order valence-corrected chi connectivity index (χ3v) is 4.47. The average molecular weight is 379 g/mol. The van der Waals surface area contributed by atoms with Crippen LogP contribution in [0.1, 0.15) is 5.56 Å². The second-order valence-corrected chi connectivity index (χ2v) is 6.41. The summed E-state index contributed by atoms with van der Waals surface area (Å²) in [5.74, 6) is 0.493. The second kappa shape index (κ2) is 9.54. The lowest BCUT2D eigenvalue weighted by Crippen LogP contribution is -2.51. The highest BCUT2D eigenvalue weighted by molar-refractivity contribution is 5.88. The Morgan fingerprint density at radius 2 is 1.96 bits per heavy atom. The number of ether oxygens (including phenoxy) is 3. The average Bonchev–Trinajstić information content (AvgIpc) is 3.14. The molecule has 9 nitrogen and oxygen atoms in total. The van der Waals surface area contributed by atoms with E-state index in [1.807, 2.05) is 0 Å². The maximum absolute atomic E-state index is 12.2. The molecule has 0 aliphatic carbocycles. The first kappa shape index (κ1) is 19.4. The summed E-state index contributed by atoms with van der Waals surface area (Å²) in [4.78, 5) is 26.6. The van der Waals surface area contributed by atoms with E-state index >= 15 is 0 Å². The summed E-state index contributed by atoms with van der Waals surface area (Å²) in [6, 6.07) is 4.27. The molecule has 2 heterocycles. The minimum atomic E-state index is -0.976. The van der Waals surface area contributed by atoms with Crippen LogP contribution in [0, 0.1) is 0 Å². The van der Waals surface area contributed by atoms with Crippen LogP contribution in [0.2, 0.25) is 0 Å². The number of nitrogens with one attached hydrogen (secondary N) is 2. The maximum atomic E-state index is 12.2. The molecule has 0 saturated carbocycles. The van der Waals surface area contributed by atoms with Crippen LogP contribution in [-0.4, -0.2) is 80.7 Å². The van der Waals surface area contributed by atoms with Crippen LogP contribution in [0.25, 0.3) is 0 Å². The Balaban J connectivity index is 1.42. The van der Waals surface area contributed by atoms with Crippen molar-refractivity contribution in [3.05, 3.63) is 23.8 Å². The number of hydrogen-bond donors (Lipinski definition) is 3. The Hall–Kier alpha value is -2.36. The molecule has 2 amide bonds. The molecule has 1 saturated heterocycles. The van der Waals surface area contributed by atoms with Crippen LogP contribution < -0.4 is 20.1 Å². The third kappa shape index (κ3) is 5.56. The summed E-state index contributed by atoms with van der Waals surface area (Å²) < 4.78 is 15.8. The van der Waals surface area contributed by atoms with Gasteiger partial charge in [0.05, 0.1) is 26.2 Å². The molecule has 3 N–H and O–H groups in total. The third-order valence-electron chi connectivity index (χ3n) is 4.47. The molecule has 3 rings (SSSR count). The molecule has 0 spiro atoms. The Kier molecular flexibility index (Phi) is 6.86. The van der Waals surface area contributed by atoms with Crippen molar-refractivity contribution in [1.29, 1.82) is 0 Å². The molecule has 9 heteroatoms. The zero-order valence-electron chi connectivity index (χ0n) is 15.1. The predicted octanol–water partition coefficient (Wildman–Crippen LogP) is -1.12. The fourth-order valence-electron chi connectivity index (χ4n) is 2.96. The second-order valence-electron chi connectivity index (χ2n) is 6.41. The van der Waals surface area contributed by atoms with E-state index < -0.39 is 18.6 Å². The molecular weight excluding hydrogens is 354 g/mol. The first-order chi connectivity index (χ1) is 13.2. The Morgan fingerprint density at radius 1 is 1.19 bits per heavy atom. The van der Waals surface area contributed by atoms with Crippen LogP contribution >= 0.6 is 0 Å². The molecule has 1 aromatic rings. The van der Waals surface area contributed by atoms with Gasteiger partial charge in [0.1, 0.15) is 6.04 Å². The summed E-state index contributed by atoms with van der Waals surface area (Å²) in [6.45, 7) is 3.94. The zero-order valence-corrected chi connectivity index (χ0v) is 15.1. The number of fused-ring (bicyclic) bond motifs is 1. The summed E-state index contributed by atoms with van der Waals surface area (Å²) in [7, 11) is 0. The van der Waals surface area contributed by atoms with Crippen LogP contribution in [0.4, 0.5) is 0 Å². The maximum Gasteiger partial charge on any atom is 0.245 e. The van der Waals surface area contributed by atoms with Crippen molar-refractivity contribution in [2.24, 2.45) is 0 Å². The van der Waals surface area contributed by atoms with Crippen LogP contribution in [0.5, 0.6) is 11.5 Å². The van der Waals surface area contributed by atoms with Gasteiger partial charge in [-0.15, -0.1) is 0 Å². The number of hydrogen-bond acceptors (Lipinski definition) is 7. The van der Waals surface area contributed by atoms with Gasteiger partial charge in [0.25, 0.3) is 0 Å². The molecule has 0 bridgehead atoms. The van der Waals surface area contributed by atoms with E-state index in [-0.39, 0.29) is 19.1 Å². The van der Waals surface area contributed by atoms with Gasteiger partial charge in [-0.2, -0.15) is 0 Å². The van der Waals surface area contributed by atoms with Gasteiger partial charge in [0, 0.05) is 26.2 Å². The largest absolute Gasteiger partial charge is 0.454 e. The standard InChI is InChI=1S/C18H25N3O6/c22-11-14(18(24)19-3-4-21-5-7-25-8-6-21)20-17(23)10-13-1-2-15-16(9-13)27-12-26-15/h1-2,9,14,22H,3-8,10-12H2,(H,19,24)(H,20,23). The van der Waals surface area contributed by atoms with Gasteiger partial charge in [0.2, 0.25) is 18.6 Å². The molecule has 2 aliphatic heterocycles.